The number of nitrogens with zero attached hydrogens (tertiary/aromatic N) is 5. The molecule has 2 heterocycles. The van der Waals surface area contributed by atoms with E-state index in [1.165, 1.54) is 19.3 Å². The molecule has 6 heteroatoms. The summed E-state index contributed by atoms with van der Waals surface area (Å²) in [7, 11) is 2.01. The van der Waals surface area contributed by atoms with Crippen LogP contribution in [-0.2, 0) is 0 Å². The van der Waals surface area contributed by atoms with Gasteiger partial charge in [0.25, 0.3) is 0 Å². The van der Waals surface area contributed by atoms with Crippen molar-refractivity contribution >= 4 is 23.5 Å². The molecule has 0 aromatic carbocycles. The topological polar surface area (TPSA) is 45.2 Å². The zero-order chi connectivity index (χ0) is 14.7. The second kappa shape index (κ2) is 6.57. The number of hydrogen-bond acceptors (Lipinski definition) is 5. The minimum absolute atomic E-state index is 0.276. The molecule has 1 atom stereocenters. The second-order valence-corrected chi connectivity index (χ2v) is 6.19. The molecule has 0 N–H and O–H groups in total. The van der Waals surface area contributed by atoms with Gasteiger partial charge >= 0.3 is 0 Å². The zero-order valence-electron chi connectivity index (χ0n) is 12.8. The van der Waals surface area contributed by atoms with Gasteiger partial charge in [0, 0.05) is 26.2 Å². The molecule has 1 fully saturated rings. The minimum atomic E-state index is 0.276. The third-order valence-electron chi connectivity index (χ3n) is 4.11. The van der Waals surface area contributed by atoms with E-state index in [1.54, 1.807) is 0 Å². The lowest BCUT2D eigenvalue weighted by molar-refractivity contribution is 0.498. The molecule has 1 saturated heterocycles. The molecule has 0 spiro atoms. The molecule has 0 bridgehead atoms. The normalized spacial score (nSPS) is 17.4. The molecule has 0 radical (unpaired) electrons. The van der Waals surface area contributed by atoms with Gasteiger partial charge < -0.3 is 9.80 Å². The van der Waals surface area contributed by atoms with Gasteiger partial charge in [-0.1, -0.05) is 13.8 Å². The summed E-state index contributed by atoms with van der Waals surface area (Å²) in [6.45, 7) is 8.56. The van der Waals surface area contributed by atoms with Crippen LogP contribution in [0.4, 0.5) is 11.9 Å². The van der Waals surface area contributed by atoms with E-state index in [4.69, 9.17) is 11.6 Å². The maximum Gasteiger partial charge on any atom is 0.231 e. The summed E-state index contributed by atoms with van der Waals surface area (Å²) in [6, 6.07) is 0.350. The Labute approximate surface area is 126 Å². The molecule has 0 amide bonds. The van der Waals surface area contributed by atoms with Crippen molar-refractivity contribution < 1.29 is 0 Å². The van der Waals surface area contributed by atoms with E-state index >= 15 is 0 Å². The third kappa shape index (κ3) is 3.51. The van der Waals surface area contributed by atoms with Crippen LogP contribution in [0, 0.1) is 5.92 Å². The molecule has 5 nitrogen and oxygen atoms in total. The standard InChI is InChI=1S/C14H24ClN5/c1-10(2)11(3)19(4)13-16-12(15)17-14(18-13)20-8-6-5-7-9-20/h10-11H,5-9H2,1-4H3. The molecule has 0 saturated carbocycles. The van der Waals surface area contributed by atoms with E-state index in [2.05, 4.69) is 45.5 Å². The summed E-state index contributed by atoms with van der Waals surface area (Å²) in [4.78, 5) is 17.4. The van der Waals surface area contributed by atoms with Gasteiger partial charge in [-0.2, -0.15) is 15.0 Å². The summed E-state index contributed by atoms with van der Waals surface area (Å²) >= 11 is 6.08. The molecule has 112 valence electrons. The summed E-state index contributed by atoms with van der Waals surface area (Å²) in [6.07, 6.45) is 3.67. The van der Waals surface area contributed by atoms with Crippen LogP contribution in [0.5, 0.6) is 0 Å². The molecule has 1 unspecified atom stereocenters. The fraction of sp³-hybridized carbons (Fsp3) is 0.786. The van der Waals surface area contributed by atoms with Gasteiger partial charge in [-0.05, 0) is 43.7 Å². The highest BCUT2D eigenvalue weighted by atomic mass is 35.5. The SMILES string of the molecule is CC(C)C(C)N(C)c1nc(Cl)nc(N2CCCCC2)n1. The Hall–Kier alpha value is -1.10. The summed E-state index contributed by atoms with van der Waals surface area (Å²) < 4.78 is 0. The van der Waals surface area contributed by atoms with E-state index in [0.29, 0.717) is 23.9 Å². The molecule has 20 heavy (non-hydrogen) atoms. The smallest absolute Gasteiger partial charge is 0.231 e. The van der Waals surface area contributed by atoms with E-state index in [0.717, 1.165) is 13.1 Å². The molecule has 1 aromatic rings. The number of rotatable bonds is 4. The average Bonchev–Trinajstić information content (AvgIpc) is 2.45. The van der Waals surface area contributed by atoms with E-state index < -0.39 is 0 Å². The minimum Gasteiger partial charge on any atom is -0.341 e. The Morgan fingerprint density at radius 1 is 1.05 bits per heavy atom. The molecule has 1 aromatic heterocycles. The first kappa shape index (κ1) is 15.3. The molecular weight excluding hydrogens is 274 g/mol. The Bertz CT molecular complexity index is 445. The van der Waals surface area contributed by atoms with Crippen molar-refractivity contribution in [3.05, 3.63) is 5.28 Å². The summed E-state index contributed by atoms with van der Waals surface area (Å²) in [5, 5.41) is 0.276. The van der Waals surface area contributed by atoms with Crippen molar-refractivity contribution in [2.24, 2.45) is 5.92 Å². The fourth-order valence-electron chi connectivity index (χ4n) is 2.35. The van der Waals surface area contributed by atoms with Gasteiger partial charge in [-0.25, -0.2) is 0 Å². The number of hydrogen-bond donors (Lipinski definition) is 0. The number of anilines is 2. The highest BCUT2D eigenvalue weighted by Gasteiger charge is 2.20. The van der Waals surface area contributed by atoms with E-state index in [9.17, 15) is 0 Å². The number of halogens is 1. The molecular formula is C14H24ClN5. The van der Waals surface area contributed by atoms with Crippen LogP contribution < -0.4 is 9.80 Å². The van der Waals surface area contributed by atoms with Crippen molar-refractivity contribution in [3.63, 3.8) is 0 Å². The van der Waals surface area contributed by atoms with E-state index in [-0.39, 0.29) is 5.28 Å². The highest BCUT2D eigenvalue weighted by Crippen LogP contribution is 2.21. The van der Waals surface area contributed by atoms with Crippen molar-refractivity contribution in [1.82, 2.24) is 15.0 Å². The third-order valence-corrected chi connectivity index (χ3v) is 4.28. The quantitative estimate of drug-likeness (QED) is 0.855. The first-order valence-corrected chi connectivity index (χ1v) is 7.76. The monoisotopic (exact) mass is 297 g/mol. The first-order valence-electron chi connectivity index (χ1n) is 7.38. The van der Waals surface area contributed by atoms with Crippen molar-refractivity contribution in [2.45, 2.75) is 46.1 Å². The molecule has 1 aliphatic heterocycles. The average molecular weight is 298 g/mol. The van der Waals surface area contributed by atoms with Gasteiger partial charge in [0.15, 0.2) is 0 Å². The second-order valence-electron chi connectivity index (χ2n) is 5.85. The fourth-order valence-corrected chi connectivity index (χ4v) is 2.50. The Kier molecular flexibility index (Phi) is 5.02. The van der Waals surface area contributed by atoms with Crippen LogP contribution in [0.15, 0.2) is 0 Å². The van der Waals surface area contributed by atoms with Crippen LogP contribution in [-0.4, -0.2) is 41.1 Å². The van der Waals surface area contributed by atoms with Crippen molar-refractivity contribution in [2.75, 3.05) is 29.9 Å². The lowest BCUT2D eigenvalue weighted by atomic mass is 10.1. The number of piperidine rings is 1. The van der Waals surface area contributed by atoms with Crippen LogP contribution in [0.2, 0.25) is 5.28 Å². The highest BCUT2D eigenvalue weighted by molar-refractivity contribution is 6.28. The van der Waals surface area contributed by atoms with Crippen LogP contribution in [0.1, 0.15) is 40.0 Å². The maximum atomic E-state index is 6.08. The van der Waals surface area contributed by atoms with Gasteiger partial charge in [-0.15, -0.1) is 0 Å². The van der Waals surface area contributed by atoms with Crippen LogP contribution >= 0.6 is 11.6 Å². The largest absolute Gasteiger partial charge is 0.341 e. The Balaban J connectivity index is 2.23. The van der Waals surface area contributed by atoms with Crippen LogP contribution in [0.3, 0.4) is 0 Å². The zero-order valence-corrected chi connectivity index (χ0v) is 13.6. The molecule has 0 aliphatic carbocycles. The predicted molar refractivity (Wildman–Crippen MR) is 83.6 cm³/mol. The Morgan fingerprint density at radius 3 is 2.30 bits per heavy atom. The lowest BCUT2D eigenvalue weighted by Gasteiger charge is -2.30. The van der Waals surface area contributed by atoms with Gasteiger partial charge in [-0.3, -0.25) is 0 Å². The molecule has 1 aliphatic rings. The van der Waals surface area contributed by atoms with Crippen molar-refractivity contribution in [3.8, 4) is 0 Å². The van der Waals surface area contributed by atoms with Gasteiger partial charge in [0.1, 0.15) is 0 Å². The summed E-state index contributed by atoms with van der Waals surface area (Å²) in [5.74, 6) is 1.89. The first-order chi connectivity index (χ1) is 9.49. The Morgan fingerprint density at radius 2 is 1.70 bits per heavy atom. The summed E-state index contributed by atoms with van der Waals surface area (Å²) in [5.41, 5.74) is 0. The van der Waals surface area contributed by atoms with Gasteiger partial charge in [0.05, 0.1) is 0 Å². The van der Waals surface area contributed by atoms with Crippen molar-refractivity contribution in [1.29, 1.82) is 0 Å². The maximum absolute atomic E-state index is 6.08. The number of aromatic nitrogens is 3. The molecule has 2 rings (SSSR count). The van der Waals surface area contributed by atoms with Gasteiger partial charge in [0.2, 0.25) is 17.2 Å². The lowest BCUT2D eigenvalue weighted by Crippen LogP contribution is -2.36. The van der Waals surface area contributed by atoms with E-state index in [1.807, 2.05) is 7.05 Å². The van der Waals surface area contributed by atoms with Crippen LogP contribution in [0.25, 0.3) is 0 Å². The predicted octanol–water partition coefficient (Wildman–Crippen LogP) is 3.00.